The Bertz CT molecular complexity index is 190. The van der Waals surface area contributed by atoms with E-state index in [1.165, 1.54) is 14.2 Å². The molecule has 0 bridgehead atoms. The molecule has 0 saturated heterocycles. The van der Waals surface area contributed by atoms with Crippen LogP contribution in [0.2, 0.25) is 0 Å². The van der Waals surface area contributed by atoms with Crippen LogP contribution in [0.4, 0.5) is 4.39 Å². The molecule has 76 valence electrons. The van der Waals surface area contributed by atoms with Crippen LogP contribution in [0.25, 0.3) is 0 Å². The summed E-state index contributed by atoms with van der Waals surface area (Å²) in [4.78, 5) is 16.2. The second-order valence-corrected chi connectivity index (χ2v) is 3.51. The van der Waals surface area contributed by atoms with Crippen molar-refractivity contribution in [3.8, 4) is 0 Å². The van der Waals surface area contributed by atoms with Crippen LogP contribution in [0, 0.1) is 0 Å². The predicted molar refractivity (Wildman–Crippen MR) is 46.7 cm³/mol. The lowest BCUT2D eigenvalue weighted by atomic mass is 9.86. The predicted octanol–water partition coefficient (Wildman–Crippen LogP) is 1.68. The monoisotopic (exact) mass is 189 g/mol. The van der Waals surface area contributed by atoms with Gasteiger partial charge in [-0.3, -0.25) is 9.63 Å². The highest BCUT2D eigenvalue weighted by Gasteiger charge is 2.41. The molecular formula is C9H16FNO2. The van der Waals surface area contributed by atoms with Gasteiger partial charge in [0.05, 0.1) is 7.11 Å². The molecule has 0 aromatic rings. The molecule has 1 rings (SSSR count). The lowest BCUT2D eigenvalue weighted by molar-refractivity contribution is -0.184. The van der Waals surface area contributed by atoms with Crippen LogP contribution < -0.4 is 0 Å². The third-order valence-electron chi connectivity index (χ3n) is 2.59. The van der Waals surface area contributed by atoms with E-state index >= 15 is 0 Å². The molecule has 0 heterocycles. The zero-order valence-corrected chi connectivity index (χ0v) is 8.18. The minimum absolute atomic E-state index is 0.333. The SMILES string of the molecule is CON(C)C(=O)C1(F)CCCCC1. The second-order valence-electron chi connectivity index (χ2n) is 3.51. The fourth-order valence-corrected chi connectivity index (χ4v) is 1.69. The number of hydrogen-bond donors (Lipinski definition) is 0. The molecule has 0 radical (unpaired) electrons. The molecule has 0 aromatic carbocycles. The molecule has 0 aliphatic heterocycles. The zero-order valence-electron chi connectivity index (χ0n) is 8.18. The van der Waals surface area contributed by atoms with Gasteiger partial charge in [0.15, 0.2) is 5.67 Å². The summed E-state index contributed by atoms with van der Waals surface area (Å²) < 4.78 is 13.9. The van der Waals surface area contributed by atoms with E-state index in [0.29, 0.717) is 12.8 Å². The maximum Gasteiger partial charge on any atom is 0.283 e. The number of carbonyl (C=O) groups is 1. The number of alkyl halides is 1. The molecule has 0 aromatic heterocycles. The van der Waals surface area contributed by atoms with E-state index in [9.17, 15) is 9.18 Å². The normalized spacial score (nSPS) is 21.2. The summed E-state index contributed by atoms with van der Waals surface area (Å²) in [6, 6.07) is 0. The quantitative estimate of drug-likeness (QED) is 0.618. The van der Waals surface area contributed by atoms with Gasteiger partial charge in [-0.1, -0.05) is 6.42 Å². The first-order valence-electron chi connectivity index (χ1n) is 4.61. The molecule has 1 fully saturated rings. The topological polar surface area (TPSA) is 29.5 Å². The van der Waals surface area contributed by atoms with E-state index < -0.39 is 11.6 Å². The lowest BCUT2D eigenvalue weighted by Crippen LogP contribution is -2.45. The van der Waals surface area contributed by atoms with Crippen LogP contribution in [-0.2, 0) is 9.63 Å². The highest BCUT2D eigenvalue weighted by molar-refractivity contribution is 5.84. The zero-order chi connectivity index (χ0) is 9.90. The maximum absolute atomic E-state index is 13.9. The first kappa shape index (κ1) is 10.4. The molecule has 13 heavy (non-hydrogen) atoms. The Kier molecular flexibility index (Phi) is 3.25. The van der Waals surface area contributed by atoms with Gasteiger partial charge in [0, 0.05) is 7.05 Å². The summed E-state index contributed by atoms with van der Waals surface area (Å²) in [5, 5.41) is 0.978. The van der Waals surface area contributed by atoms with Crippen LogP contribution in [0.15, 0.2) is 0 Å². The lowest BCUT2D eigenvalue weighted by Gasteiger charge is -2.30. The second kappa shape index (κ2) is 4.05. The molecule has 0 spiro atoms. The van der Waals surface area contributed by atoms with E-state index in [0.717, 1.165) is 24.3 Å². The summed E-state index contributed by atoms with van der Waals surface area (Å²) in [6.07, 6.45) is 3.27. The van der Waals surface area contributed by atoms with Gasteiger partial charge in [-0.15, -0.1) is 0 Å². The van der Waals surface area contributed by atoms with Crippen molar-refractivity contribution in [3.63, 3.8) is 0 Å². The number of hydroxylamine groups is 2. The summed E-state index contributed by atoms with van der Waals surface area (Å²) in [6.45, 7) is 0. The Labute approximate surface area is 77.8 Å². The highest BCUT2D eigenvalue weighted by Crippen LogP contribution is 2.33. The van der Waals surface area contributed by atoms with Gasteiger partial charge in [0.1, 0.15) is 0 Å². The molecule has 3 nitrogen and oxygen atoms in total. The van der Waals surface area contributed by atoms with Crippen molar-refractivity contribution in [2.24, 2.45) is 0 Å². The van der Waals surface area contributed by atoms with Gasteiger partial charge in [-0.25, -0.2) is 9.45 Å². The van der Waals surface area contributed by atoms with Gasteiger partial charge in [-0.05, 0) is 25.7 Å². The van der Waals surface area contributed by atoms with E-state index in [-0.39, 0.29) is 0 Å². The van der Waals surface area contributed by atoms with E-state index in [1.807, 2.05) is 0 Å². The fourth-order valence-electron chi connectivity index (χ4n) is 1.69. The van der Waals surface area contributed by atoms with Crippen molar-refractivity contribution in [2.45, 2.75) is 37.8 Å². The highest BCUT2D eigenvalue weighted by atomic mass is 19.1. The van der Waals surface area contributed by atoms with E-state index in [2.05, 4.69) is 4.84 Å². The van der Waals surface area contributed by atoms with E-state index in [4.69, 9.17) is 0 Å². The van der Waals surface area contributed by atoms with E-state index in [1.54, 1.807) is 0 Å². The number of rotatable bonds is 2. The van der Waals surface area contributed by atoms with Crippen molar-refractivity contribution in [1.29, 1.82) is 0 Å². The molecule has 1 aliphatic carbocycles. The molecule has 0 N–H and O–H groups in total. The Morgan fingerprint density at radius 1 is 1.38 bits per heavy atom. The van der Waals surface area contributed by atoms with Crippen molar-refractivity contribution in [2.75, 3.05) is 14.2 Å². The summed E-state index contributed by atoms with van der Waals surface area (Å²) in [7, 11) is 2.81. The number of halogens is 1. The van der Waals surface area contributed by atoms with Crippen LogP contribution >= 0.6 is 0 Å². The summed E-state index contributed by atoms with van der Waals surface area (Å²) in [5.41, 5.74) is -1.68. The average Bonchev–Trinajstić information content (AvgIpc) is 2.16. The van der Waals surface area contributed by atoms with Crippen LogP contribution in [-0.4, -0.2) is 30.8 Å². The largest absolute Gasteiger partial charge is 0.283 e. The molecular weight excluding hydrogens is 173 g/mol. The van der Waals surface area contributed by atoms with Gasteiger partial charge in [-0.2, -0.15) is 0 Å². The molecule has 4 heteroatoms. The Balaban J connectivity index is 2.61. The molecule has 0 unspecified atom stereocenters. The fraction of sp³-hybridized carbons (Fsp3) is 0.889. The average molecular weight is 189 g/mol. The third kappa shape index (κ3) is 2.18. The molecule has 1 saturated carbocycles. The van der Waals surface area contributed by atoms with Crippen molar-refractivity contribution in [1.82, 2.24) is 5.06 Å². The number of hydrogen-bond acceptors (Lipinski definition) is 2. The number of nitrogens with zero attached hydrogens (tertiary/aromatic N) is 1. The van der Waals surface area contributed by atoms with Gasteiger partial charge in [0.25, 0.3) is 5.91 Å². The van der Waals surface area contributed by atoms with Crippen LogP contribution in [0.1, 0.15) is 32.1 Å². The smallest absolute Gasteiger partial charge is 0.274 e. The van der Waals surface area contributed by atoms with Crippen molar-refractivity contribution >= 4 is 5.91 Å². The van der Waals surface area contributed by atoms with Gasteiger partial charge >= 0.3 is 0 Å². The number of carbonyl (C=O) groups excluding carboxylic acids is 1. The minimum atomic E-state index is -1.68. The van der Waals surface area contributed by atoms with Crippen LogP contribution in [0.5, 0.6) is 0 Å². The molecule has 1 aliphatic rings. The molecule has 0 atom stereocenters. The summed E-state index contributed by atoms with van der Waals surface area (Å²) >= 11 is 0. The Morgan fingerprint density at radius 3 is 2.38 bits per heavy atom. The van der Waals surface area contributed by atoms with Crippen LogP contribution in [0.3, 0.4) is 0 Å². The Morgan fingerprint density at radius 2 is 1.92 bits per heavy atom. The number of amides is 1. The van der Waals surface area contributed by atoms with Gasteiger partial charge in [0.2, 0.25) is 0 Å². The summed E-state index contributed by atoms with van der Waals surface area (Å²) in [5.74, 6) is -0.547. The molecule has 1 amide bonds. The van der Waals surface area contributed by atoms with Gasteiger partial charge < -0.3 is 0 Å². The van der Waals surface area contributed by atoms with Crippen molar-refractivity contribution < 1.29 is 14.0 Å². The third-order valence-corrected chi connectivity index (χ3v) is 2.59. The Hall–Kier alpha value is -0.640. The maximum atomic E-state index is 13.9. The first-order chi connectivity index (χ1) is 6.10. The van der Waals surface area contributed by atoms with Crippen molar-refractivity contribution in [3.05, 3.63) is 0 Å². The standard InChI is InChI=1S/C9H16FNO2/c1-11(13-2)8(12)9(10)6-4-3-5-7-9/h3-7H2,1-2H3. The minimum Gasteiger partial charge on any atom is -0.274 e. The first-order valence-corrected chi connectivity index (χ1v) is 4.61.